The summed E-state index contributed by atoms with van der Waals surface area (Å²) < 4.78 is 0. The summed E-state index contributed by atoms with van der Waals surface area (Å²) in [6.07, 6.45) is 1.68. The van der Waals surface area contributed by atoms with Gasteiger partial charge in [-0.2, -0.15) is 0 Å². The van der Waals surface area contributed by atoms with E-state index in [1.165, 1.54) is 0 Å². The average molecular weight is 380 g/mol. The predicted octanol–water partition coefficient (Wildman–Crippen LogP) is 3.37. The van der Waals surface area contributed by atoms with Gasteiger partial charge in [0, 0.05) is 16.8 Å². The maximum absolute atomic E-state index is 12.4. The Labute approximate surface area is 162 Å². The van der Waals surface area contributed by atoms with Crippen LogP contribution < -0.4 is 10.6 Å². The molecule has 0 aliphatic heterocycles. The van der Waals surface area contributed by atoms with Crippen molar-refractivity contribution in [2.75, 3.05) is 6.54 Å². The minimum Gasteiger partial charge on any atom is -0.343 e. The summed E-state index contributed by atoms with van der Waals surface area (Å²) in [5.74, 6) is -0.674. The Bertz CT molecular complexity index is 877. The zero-order valence-corrected chi connectivity index (χ0v) is 15.2. The molecule has 0 aliphatic carbocycles. The second-order valence-corrected chi connectivity index (χ2v) is 6.30. The SMILES string of the molecule is O=C(CNC(=O)c1cccc(Cl)c1)NC(c1ccccc1)c1ccccn1. The van der Waals surface area contributed by atoms with Crippen molar-refractivity contribution >= 4 is 23.4 Å². The number of nitrogens with zero attached hydrogens (tertiary/aromatic N) is 1. The maximum atomic E-state index is 12.4. The molecule has 6 heteroatoms. The molecule has 0 fully saturated rings. The highest BCUT2D eigenvalue weighted by molar-refractivity contribution is 6.30. The first kappa shape index (κ1) is 18.6. The van der Waals surface area contributed by atoms with Gasteiger partial charge >= 0.3 is 0 Å². The van der Waals surface area contributed by atoms with Crippen molar-refractivity contribution in [2.45, 2.75) is 6.04 Å². The third-order valence-electron chi connectivity index (χ3n) is 3.92. The molecule has 27 heavy (non-hydrogen) atoms. The smallest absolute Gasteiger partial charge is 0.251 e. The number of benzene rings is 2. The summed E-state index contributed by atoms with van der Waals surface area (Å²) in [6, 6.07) is 21.2. The number of halogens is 1. The number of carbonyl (C=O) groups excluding carboxylic acids is 2. The topological polar surface area (TPSA) is 71.1 Å². The monoisotopic (exact) mass is 379 g/mol. The van der Waals surface area contributed by atoms with Crippen LogP contribution in [0.15, 0.2) is 79.0 Å². The molecular formula is C21H18ClN3O2. The number of hydrogen-bond acceptors (Lipinski definition) is 3. The van der Waals surface area contributed by atoms with Crippen molar-refractivity contribution in [3.05, 3.63) is 101 Å². The molecule has 3 aromatic rings. The highest BCUT2D eigenvalue weighted by atomic mass is 35.5. The molecular weight excluding hydrogens is 362 g/mol. The lowest BCUT2D eigenvalue weighted by molar-refractivity contribution is -0.120. The van der Waals surface area contributed by atoms with Crippen LogP contribution in [0.2, 0.25) is 5.02 Å². The van der Waals surface area contributed by atoms with Crippen LogP contribution in [0.5, 0.6) is 0 Å². The highest BCUT2D eigenvalue weighted by Gasteiger charge is 2.18. The fourth-order valence-corrected chi connectivity index (χ4v) is 2.81. The molecule has 1 heterocycles. The third-order valence-corrected chi connectivity index (χ3v) is 4.15. The average Bonchev–Trinajstić information content (AvgIpc) is 2.71. The lowest BCUT2D eigenvalue weighted by Gasteiger charge is -2.19. The summed E-state index contributed by atoms with van der Waals surface area (Å²) in [7, 11) is 0. The largest absolute Gasteiger partial charge is 0.343 e. The summed E-state index contributed by atoms with van der Waals surface area (Å²) in [5, 5.41) is 5.99. The lowest BCUT2D eigenvalue weighted by Crippen LogP contribution is -2.39. The molecule has 1 unspecified atom stereocenters. The van der Waals surface area contributed by atoms with Gasteiger partial charge in [-0.3, -0.25) is 14.6 Å². The molecule has 0 aliphatic rings. The number of hydrogen-bond donors (Lipinski definition) is 2. The Morgan fingerprint density at radius 1 is 0.963 bits per heavy atom. The van der Waals surface area contributed by atoms with Gasteiger partial charge in [0.1, 0.15) is 0 Å². The van der Waals surface area contributed by atoms with Gasteiger partial charge in [0.2, 0.25) is 5.91 Å². The van der Waals surface area contributed by atoms with E-state index in [9.17, 15) is 9.59 Å². The molecule has 2 amide bonds. The molecule has 1 atom stereocenters. The molecule has 3 rings (SSSR count). The van der Waals surface area contributed by atoms with E-state index in [0.717, 1.165) is 11.3 Å². The Morgan fingerprint density at radius 2 is 1.74 bits per heavy atom. The van der Waals surface area contributed by atoms with Crippen LogP contribution in [-0.2, 0) is 4.79 Å². The quantitative estimate of drug-likeness (QED) is 0.689. The van der Waals surface area contributed by atoms with E-state index in [-0.39, 0.29) is 18.4 Å². The third kappa shape index (κ3) is 5.15. The molecule has 136 valence electrons. The molecule has 2 N–H and O–H groups in total. The van der Waals surface area contributed by atoms with Gasteiger partial charge in [0.05, 0.1) is 18.3 Å². The van der Waals surface area contributed by atoms with Crippen molar-refractivity contribution in [3.8, 4) is 0 Å². The van der Waals surface area contributed by atoms with E-state index in [1.54, 1.807) is 30.5 Å². The predicted molar refractivity (Wildman–Crippen MR) is 104 cm³/mol. The van der Waals surface area contributed by atoms with Gasteiger partial charge in [-0.25, -0.2) is 0 Å². The van der Waals surface area contributed by atoms with Crippen molar-refractivity contribution in [2.24, 2.45) is 0 Å². The Balaban J connectivity index is 1.67. The van der Waals surface area contributed by atoms with Crippen LogP contribution in [0, 0.1) is 0 Å². The Hall–Kier alpha value is -3.18. The summed E-state index contributed by atoms with van der Waals surface area (Å²) in [6.45, 7) is -0.151. The van der Waals surface area contributed by atoms with Crippen LogP contribution in [-0.4, -0.2) is 23.3 Å². The first-order valence-electron chi connectivity index (χ1n) is 8.42. The number of rotatable bonds is 6. The normalized spacial score (nSPS) is 11.4. The molecule has 0 saturated carbocycles. The standard InChI is InChI=1S/C21H18ClN3O2/c22-17-10-6-9-16(13-17)21(27)24-14-19(26)25-20(15-7-2-1-3-8-15)18-11-4-5-12-23-18/h1-13,20H,14H2,(H,24,27)(H,25,26). The molecule has 0 radical (unpaired) electrons. The molecule has 1 aromatic heterocycles. The van der Waals surface area contributed by atoms with Crippen LogP contribution in [0.3, 0.4) is 0 Å². The number of pyridine rings is 1. The van der Waals surface area contributed by atoms with Crippen molar-refractivity contribution < 1.29 is 9.59 Å². The minimum atomic E-state index is -0.400. The maximum Gasteiger partial charge on any atom is 0.251 e. The molecule has 5 nitrogen and oxygen atoms in total. The van der Waals surface area contributed by atoms with Crippen molar-refractivity contribution in [1.29, 1.82) is 0 Å². The fourth-order valence-electron chi connectivity index (χ4n) is 2.62. The van der Waals surface area contributed by atoms with E-state index >= 15 is 0 Å². The number of aromatic nitrogens is 1. The van der Waals surface area contributed by atoms with Crippen LogP contribution in [0.1, 0.15) is 27.7 Å². The van der Waals surface area contributed by atoms with Gasteiger partial charge < -0.3 is 10.6 Å². The lowest BCUT2D eigenvalue weighted by atomic mass is 10.0. The second-order valence-electron chi connectivity index (χ2n) is 5.86. The van der Waals surface area contributed by atoms with Crippen LogP contribution in [0.4, 0.5) is 0 Å². The Kier molecular flexibility index (Phi) is 6.18. The zero-order valence-electron chi connectivity index (χ0n) is 14.4. The van der Waals surface area contributed by atoms with E-state index in [1.807, 2.05) is 48.5 Å². The van der Waals surface area contributed by atoms with E-state index in [0.29, 0.717) is 10.6 Å². The second kappa shape index (κ2) is 8.96. The zero-order chi connectivity index (χ0) is 19.1. The van der Waals surface area contributed by atoms with Gasteiger partial charge in [-0.1, -0.05) is 54.1 Å². The van der Waals surface area contributed by atoms with Crippen LogP contribution >= 0.6 is 11.6 Å². The molecule has 0 saturated heterocycles. The number of carbonyl (C=O) groups is 2. The summed E-state index contributed by atoms with van der Waals surface area (Å²) >= 11 is 5.89. The minimum absolute atomic E-state index is 0.151. The number of nitrogens with one attached hydrogen (secondary N) is 2. The van der Waals surface area contributed by atoms with Gasteiger partial charge in [0.15, 0.2) is 0 Å². The van der Waals surface area contributed by atoms with Crippen molar-refractivity contribution in [1.82, 2.24) is 15.6 Å². The van der Waals surface area contributed by atoms with E-state index < -0.39 is 6.04 Å². The van der Waals surface area contributed by atoms with Crippen LogP contribution in [0.25, 0.3) is 0 Å². The number of amides is 2. The summed E-state index contributed by atoms with van der Waals surface area (Å²) in [4.78, 5) is 28.9. The van der Waals surface area contributed by atoms with Gasteiger partial charge in [0.25, 0.3) is 5.91 Å². The van der Waals surface area contributed by atoms with E-state index in [4.69, 9.17) is 11.6 Å². The Morgan fingerprint density at radius 3 is 2.44 bits per heavy atom. The first-order chi connectivity index (χ1) is 13.1. The fraction of sp³-hybridized carbons (Fsp3) is 0.0952. The van der Waals surface area contributed by atoms with E-state index in [2.05, 4.69) is 15.6 Å². The first-order valence-corrected chi connectivity index (χ1v) is 8.80. The summed E-state index contributed by atoms with van der Waals surface area (Å²) in [5.41, 5.74) is 2.03. The van der Waals surface area contributed by atoms with Gasteiger partial charge in [-0.15, -0.1) is 0 Å². The molecule has 0 spiro atoms. The molecule has 0 bridgehead atoms. The van der Waals surface area contributed by atoms with Crippen molar-refractivity contribution in [3.63, 3.8) is 0 Å². The highest BCUT2D eigenvalue weighted by Crippen LogP contribution is 2.19. The van der Waals surface area contributed by atoms with Gasteiger partial charge in [-0.05, 0) is 35.9 Å². The molecule has 2 aromatic carbocycles.